The molecule has 0 bridgehead atoms. The number of hydrogen-bond acceptors (Lipinski definition) is 4. The number of aromatic nitrogens is 2. The molecule has 0 aliphatic carbocycles. The SMILES string of the molecule is Cc1nc(F)c(C)c(N2CCOCC2)n1. The number of morpholine rings is 1. The van der Waals surface area contributed by atoms with Crippen molar-refractivity contribution in [1.29, 1.82) is 0 Å². The van der Waals surface area contributed by atoms with Crippen LogP contribution in [0.2, 0.25) is 0 Å². The molecule has 0 saturated carbocycles. The van der Waals surface area contributed by atoms with Crippen LogP contribution >= 0.6 is 0 Å². The van der Waals surface area contributed by atoms with Gasteiger partial charge in [-0.3, -0.25) is 0 Å². The van der Waals surface area contributed by atoms with Crippen LogP contribution in [0.3, 0.4) is 0 Å². The van der Waals surface area contributed by atoms with Crippen LogP contribution in [0.15, 0.2) is 0 Å². The lowest BCUT2D eigenvalue weighted by molar-refractivity contribution is 0.122. The first-order valence-electron chi connectivity index (χ1n) is 5.02. The summed E-state index contributed by atoms with van der Waals surface area (Å²) < 4.78 is 18.6. The van der Waals surface area contributed by atoms with Crippen LogP contribution in [0.5, 0.6) is 0 Å². The van der Waals surface area contributed by atoms with E-state index in [4.69, 9.17) is 4.74 Å². The average Bonchev–Trinajstić information content (AvgIpc) is 2.24. The smallest absolute Gasteiger partial charge is 0.221 e. The summed E-state index contributed by atoms with van der Waals surface area (Å²) in [5.74, 6) is 0.742. The molecular formula is C10H14FN3O. The normalized spacial score (nSPS) is 16.9. The highest BCUT2D eigenvalue weighted by Crippen LogP contribution is 2.19. The van der Waals surface area contributed by atoms with Crippen LogP contribution in [0.25, 0.3) is 0 Å². The van der Waals surface area contributed by atoms with Crippen LogP contribution in [0.4, 0.5) is 10.2 Å². The summed E-state index contributed by atoms with van der Waals surface area (Å²) in [6, 6.07) is 0. The van der Waals surface area contributed by atoms with Gasteiger partial charge in [0.25, 0.3) is 0 Å². The molecule has 0 atom stereocenters. The van der Waals surface area contributed by atoms with Gasteiger partial charge < -0.3 is 9.64 Å². The summed E-state index contributed by atoms with van der Waals surface area (Å²) in [5, 5.41) is 0. The minimum Gasteiger partial charge on any atom is -0.378 e. The van der Waals surface area contributed by atoms with E-state index >= 15 is 0 Å². The van der Waals surface area contributed by atoms with Crippen molar-refractivity contribution >= 4 is 5.82 Å². The number of nitrogens with zero attached hydrogens (tertiary/aromatic N) is 3. The highest BCUT2D eigenvalue weighted by Gasteiger charge is 2.17. The van der Waals surface area contributed by atoms with Crippen LogP contribution in [0, 0.1) is 19.8 Å². The summed E-state index contributed by atoms with van der Waals surface area (Å²) in [7, 11) is 0. The van der Waals surface area contributed by atoms with Gasteiger partial charge in [0, 0.05) is 18.7 Å². The van der Waals surface area contributed by atoms with Gasteiger partial charge in [-0.2, -0.15) is 4.39 Å². The highest BCUT2D eigenvalue weighted by molar-refractivity contribution is 5.46. The maximum Gasteiger partial charge on any atom is 0.221 e. The summed E-state index contributed by atoms with van der Waals surface area (Å²) in [6.07, 6.45) is 0. The second-order valence-electron chi connectivity index (χ2n) is 3.61. The largest absolute Gasteiger partial charge is 0.378 e. The fraction of sp³-hybridized carbons (Fsp3) is 0.600. The van der Waals surface area contributed by atoms with Gasteiger partial charge in [-0.1, -0.05) is 0 Å². The molecular weight excluding hydrogens is 197 g/mol. The minimum atomic E-state index is -0.427. The Kier molecular flexibility index (Phi) is 2.81. The third-order valence-electron chi connectivity index (χ3n) is 2.48. The molecule has 2 rings (SSSR count). The molecule has 82 valence electrons. The van der Waals surface area contributed by atoms with E-state index in [0.29, 0.717) is 30.4 Å². The van der Waals surface area contributed by atoms with Gasteiger partial charge in [0.05, 0.1) is 13.2 Å². The summed E-state index contributed by atoms with van der Waals surface area (Å²) in [4.78, 5) is 10.0. The Morgan fingerprint density at radius 3 is 2.53 bits per heavy atom. The van der Waals surface area contributed by atoms with E-state index in [1.165, 1.54) is 0 Å². The number of anilines is 1. The molecule has 1 aromatic heterocycles. The first-order valence-corrected chi connectivity index (χ1v) is 5.02. The summed E-state index contributed by atoms with van der Waals surface area (Å²) in [6.45, 7) is 6.27. The molecule has 1 saturated heterocycles. The minimum absolute atomic E-state index is 0.427. The molecule has 1 fully saturated rings. The van der Waals surface area contributed by atoms with Crippen LogP contribution in [-0.2, 0) is 4.74 Å². The van der Waals surface area contributed by atoms with Crippen LogP contribution < -0.4 is 4.90 Å². The van der Waals surface area contributed by atoms with Crippen molar-refractivity contribution in [2.45, 2.75) is 13.8 Å². The Morgan fingerprint density at radius 2 is 1.87 bits per heavy atom. The molecule has 15 heavy (non-hydrogen) atoms. The van der Waals surface area contributed by atoms with Crippen molar-refractivity contribution in [2.75, 3.05) is 31.2 Å². The van der Waals surface area contributed by atoms with Gasteiger partial charge in [-0.25, -0.2) is 9.97 Å². The first kappa shape index (κ1) is 10.3. The Hall–Kier alpha value is -1.23. The lowest BCUT2D eigenvalue weighted by atomic mass is 10.3. The molecule has 1 aliphatic heterocycles. The second kappa shape index (κ2) is 4.10. The standard InChI is InChI=1S/C10H14FN3O/c1-7-9(11)12-8(2)13-10(7)14-3-5-15-6-4-14/h3-6H2,1-2H3. The summed E-state index contributed by atoms with van der Waals surface area (Å²) in [5.41, 5.74) is 0.516. The number of hydrogen-bond donors (Lipinski definition) is 0. The molecule has 0 N–H and O–H groups in total. The molecule has 2 heterocycles. The molecule has 0 spiro atoms. The lowest BCUT2D eigenvalue weighted by Crippen LogP contribution is -2.37. The van der Waals surface area contributed by atoms with Gasteiger partial charge >= 0.3 is 0 Å². The topological polar surface area (TPSA) is 38.2 Å². The molecule has 1 aliphatic rings. The zero-order valence-electron chi connectivity index (χ0n) is 8.96. The van der Waals surface area contributed by atoms with E-state index in [-0.39, 0.29) is 0 Å². The second-order valence-corrected chi connectivity index (χ2v) is 3.61. The van der Waals surface area contributed by atoms with Crippen molar-refractivity contribution in [3.63, 3.8) is 0 Å². The Morgan fingerprint density at radius 1 is 1.20 bits per heavy atom. The van der Waals surface area contributed by atoms with Crippen molar-refractivity contribution in [3.8, 4) is 0 Å². The maximum absolute atomic E-state index is 13.4. The van der Waals surface area contributed by atoms with Gasteiger partial charge in [0.15, 0.2) is 0 Å². The van der Waals surface area contributed by atoms with Crippen LogP contribution in [0.1, 0.15) is 11.4 Å². The van der Waals surface area contributed by atoms with E-state index in [1.54, 1.807) is 13.8 Å². The zero-order chi connectivity index (χ0) is 10.8. The zero-order valence-corrected chi connectivity index (χ0v) is 8.96. The van der Waals surface area contributed by atoms with Crippen LogP contribution in [-0.4, -0.2) is 36.3 Å². The quantitative estimate of drug-likeness (QED) is 0.651. The number of ether oxygens (including phenoxy) is 1. The van der Waals surface area contributed by atoms with E-state index in [9.17, 15) is 4.39 Å². The first-order chi connectivity index (χ1) is 7.18. The predicted octanol–water partition coefficient (Wildman–Crippen LogP) is 1.07. The Balaban J connectivity index is 2.33. The van der Waals surface area contributed by atoms with Gasteiger partial charge in [0.2, 0.25) is 5.95 Å². The van der Waals surface area contributed by atoms with Gasteiger partial charge in [-0.15, -0.1) is 0 Å². The fourth-order valence-electron chi connectivity index (χ4n) is 1.66. The van der Waals surface area contributed by atoms with E-state index in [0.717, 1.165) is 13.1 Å². The van der Waals surface area contributed by atoms with Crippen molar-refractivity contribution in [3.05, 3.63) is 17.3 Å². The third-order valence-corrected chi connectivity index (χ3v) is 2.48. The number of rotatable bonds is 1. The molecule has 4 nitrogen and oxygen atoms in total. The average molecular weight is 211 g/mol. The van der Waals surface area contributed by atoms with Crippen molar-refractivity contribution in [2.24, 2.45) is 0 Å². The molecule has 5 heteroatoms. The van der Waals surface area contributed by atoms with E-state index in [1.807, 2.05) is 4.90 Å². The molecule has 0 radical (unpaired) electrons. The fourth-order valence-corrected chi connectivity index (χ4v) is 1.66. The van der Waals surface area contributed by atoms with Crippen molar-refractivity contribution < 1.29 is 9.13 Å². The lowest BCUT2D eigenvalue weighted by Gasteiger charge is -2.29. The van der Waals surface area contributed by atoms with Gasteiger partial charge in [-0.05, 0) is 13.8 Å². The molecule has 1 aromatic rings. The third kappa shape index (κ3) is 2.07. The molecule has 0 unspecified atom stereocenters. The van der Waals surface area contributed by atoms with E-state index < -0.39 is 5.95 Å². The van der Waals surface area contributed by atoms with Gasteiger partial charge in [0.1, 0.15) is 11.6 Å². The molecule has 0 amide bonds. The van der Waals surface area contributed by atoms with Crippen molar-refractivity contribution in [1.82, 2.24) is 9.97 Å². The number of aryl methyl sites for hydroxylation is 1. The Bertz CT molecular complexity index is 364. The van der Waals surface area contributed by atoms with E-state index in [2.05, 4.69) is 9.97 Å². The predicted molar refractivity (Wildman–Crippen MR) is 54.5 cm³/mol. The molecule has 0 aromatic carbocycles. The Labute approximate surface area is 88.1 Å². The number of halogens is 1. The maximum atomic E-state index is 13.4. The highest BCUT2D eigenvalue weighted by atomic mass is 19.1. The monoisotopic (exact) mass is 211 g/mol. The summed E-state index contributed by atoms with van der Waals surface area (Å²) >= 11 is 0.